The van der Waals surface area contributed by atoms with E-state index in [4.69, 9.17) is 23.2 Å². The Morgan fingerprint density at radius 1 is 1.16 bits per heavy atom. The van der Waals surface area contributed by atoms with Gasteiger partial charge in [-0.25, -0.2) is 0 Å². The molecule has 0 atom stereocenters. The number of nitro groups is 1. The third kappa shape index (κ3) is 3.77. The van der Waals surface area contributed by atoms with Crippen molar-refractivity contribution in [3.05, 3.63) is 61.6 Å². The highest BCUT2D eigenvalue weighted by molar-refractivity contribution is 6.39. The van der Waals surface area contributed by atoms with Crippen LogP contribution >= 0.6 is 23.2 Å². The number of nitro benzene ring substituents is 1. The zero-order valence-electron chi connectivity index (χ0n) is 13.3. The third-order valence-electron chi connectivity index (χ3n) is 4.35. The number of hydrogen-bond acceptors (Lipinski definition) is 4. The number of benzene rings is 2. The number of nitrogens with zero attached hydrogens (tertiary/aromatic N) is 3. The third-order valence-corrected chi connectivity index (χ3v) is 4.95. The van der Waals surface area contributed by atoms with E-state index in [-0.39, 0.29) is 15.7 Å². The van der Waals surface area contributed by atoms with Crippen molar-refractivity contribution in [2.24, 2.45) is 0 Å². The molecule has 0 amide bonds. The molecule has 2 aromatic rings. The molecule has 0 radical (unpaired) electrons. The van der Waals surface area contributed by atoms with Crippen LogP contribution in [0.1, 0.15) is 24.0 Å². The van der Waals surface area contributed by atoms with E-state index in [2.05, 4.69) is 11.0 Å². The molecular formula is C18H15Cl2N3O2. The monoisotopic (exact) mass is 375 g/mol. The van der Waals surface area contributed by atoms with Gasteiger partial charge in [-0.3, -0.25) is 15.0 Å². The molecule has 128 valence electrons. The van der Waals surface area contributed by atoms with Gasteiger partial charge in [0.2, 0.25) is 0 Å². The minimum Gasteiger partial charge on any atom is -0.299 e. The van der Waals surface area contributed by atoms with Gasteiger partial charge in [0, 0.05) is 24.2 Å². The molecule has 0 aliphatic carbocycles. The molecule has 0 N–H and O–H groups in total. The first-order valence-corrected chi connectivity index (χ1v) is 8.64. The summed E-state index contributed by atoms with van der Waals surface area (Å²) in [5, 5.41) is 20.8. The van der Waals surface area contributed by atoms with Crippen LogP contribution in [-0.4, -0.2) is 22.9 Å². The summed E-state index contributed by atoms with van der Waals surface area (Å²) >= 11 is 12.4. The van der Waals surface area contributed by atoms with Crippen molar-refractivity contribution in [3.63, 3.8) is 0 Å². The van der Waals surface area contributed by atoms with Crippen molar-refractivity contribution in [2.45, 2.75) is 19.4 Å². The largest absolute Gasteiger partial charge is 0.299 e. The maximum Gasteiger partial charge on any atom is 0.272 e. The summed E-state index contributed by atoms with van der Waals surface area (Å²) in [6.45, 7) is 2.84. The van der Waals surface area contributed by atoms with Gasteiger partial charge in [0.15, 0.2) is 0 Å². The Balaban J connectivity index is 1.98. The van der Waals surface area contributed by atoms with Gasteiger partial charge in [-0.05, 0) is 43.1 Å². The second-order valence-corrected chi connectivity index (χ2v) is 6.82. The first-order valence-electron chi connectivity index (χ1n) is 7.89. The topological polar surface area (TPSA) is 70.2 Å². The number of halogens is 2. The Hall–Kier alpha value is -2.13. The average Bonchev–Trinajstić information content (AvgIpc) is 3.08. The molecule has 1 aliphatic rings. The van der Waals surface area contributed by atoms with Crippen LogP contribution in [0.5, 0.6) is 0 Å². The fourth-order valence-corrected chi connectivity index (χ4v) is 3.79. The summed E-state index contributed by atoms with van der Waals surface area (Å²) in [6, 6.07) is 10.3. The molecule has 2 aromatic carbocycles. The smallest absolute Gasteiger partial charge is 0.272 e. The maximum absolute atomic E-state index is 10.9. The molecule has 1 fully saturated rings. The summed E-state index contributed by atoms with van der Waals surface area (Å²) in [4.78, 5) is 12.7. The Morgan fingerprint density at radius 2 is 1.80 bits per heavy atom. The zero-order valence-corrected chi connectivity index (χ0v) is 14.8. The maximum atomic E-state index is 10.9. The molecule has 0 saturated carbocycles. The van der Waals surface area contributed by atoms with Gasteiger partial charge in [-0.2, -0.15) is 5.26 Å². The van der Waals surface area contributed by atoms with Gasteiger partial charge in [-0.1, -0.05) is 35.3 Å². The van der Waals surface area contributed by atoms with E-state index >= 15 is 0 Å². The van der Waals surface area contributed by atoms with Crippen LogP contribution < -0.4 is 0 Å². The van der Waals surface area contributed by atoms with Crippen LogP contribution in [0, 0.1) is 21.4 Å². The standard InChI is InChI=1S/C18H15Cl2N3O2/c19-16-8-15(23(24)25)9-17(20)18(16)12-3-4-13(14(7-12)10-21)11-22-5-1-2-6-22/h3-4,7-9H,1-2,5-6,11H2. The first-order chi connectivity index (χ1) is 12.0. The molecule has 5 nitrogen and oxygen atoms in total. The summed E-state index contributed by atoms with van der Waals surface area (Å²) in [5.41, 5.74) is 2.53. The highest BCUT2D eigenvalue weighted by Gasteiger charge is 2.18. The van der Waals surface area contributed by atoms with Gasteiger partial charge < -0.3 is 0 Å². The fourth-order valence-electron chi connectivity index (χ4n) is 3.10. The van der Waals surface area contributed by atoms with E-state index in [9.17, 15) is 15.4 Å². The van der Waals surface area contributed by atoms with E-state index in [1.165, 1.54) is 25.0 Å². The van der Waals surface area contributed by atoms with Crippen molar-refractivity contribution in [2.75, 3.05) is 13.1 Å². The summed E-state index contributed by atoms with van der Waals surface area (Å²) in [7, 11) is 0. The predicted molar refractivity (Wildman–Crippen MR) is 97.8 cm³/mol. The Morgan fingerprint density at radius 3 is 2.36 bits per heavy atom. The van der Waals surface area contributed by atoms with E-state index in [1.54, 1.807) is 6.07 Å². The van der Waals surface area contributed by atoms with Gasteiger partial charge in [-0.15, -0.1) is 0 Å². The zero-order chi connectivity index (χ0) is 18.0. The normalized spacial score (nSPS) is 14.4. The van der Waals surface area contributed by atoms with E-state index in [0.29, 0.717) is 16.7 Å². The van der Waals surface area contributed by atoms with Crippen molar-refractivity contribution in [1.29, 1.82) is 5.26 Å². The average molecular weight is 376 g/mol. The second-order valence-electron chi connectivity index (χ2n) is 6.01. The minimum absolute atomic E-state index is 0.162. The number of nitriles is 1. The lowest BCUT2D eigenvalue weighted by molar-refractivity contribution is -0.384. The molecular weight excluding hydrogens is 361 g/mol. The predicted octanol–water partition coefficient (Wildman–Crippen LogP) is 5.04. The number of likely N-dealkylation sites (tertiary alicyclic amines) is 1. The van der Waals surface area contributed by atoms with E-state index in [1.807, 2.05) is 12.1 Å². The summed E-state index contributed by atoms with van der Waals surface area (Å²) in [5.74, 6) is 0. The lowest BCUT2D eigenvalue weighted by atomic mass is 9.99. The molecule has 25 heavy (non-hydrogen) atoms. The molecule has 1 aliphatic heterocycles. The van der Waals surface area contributed by atoms with Crippen LogP contribution in [0.3, 0.4) is 0 Å². The van der Waals surface area contributed by atoms with Crippen molar-refractivity contribution < 1.29 is 4.92 Å². The summed E-state index contributed by atoms with van der Waals surface area (Å²) in [6.07, 6.45) is 2.38. The van der Waals surface area contributed by atoms with Crippen molar-refractivity contribution >= 4 is 28.9 Å². The molecule has 0 aromatic heterocycles. The van der Waals surface area contributed by atoms with Crippen LogP contribution in [0.15, 0.2) is 30.3 Å². The van der Waals surface area contributed by atoms with Gasteiger partial charge in [0.25, 0.3) is 5.69 Å². The van der Waals surface area contributed by atoms with Gasteiger partial charge >= 0.3 is 0 Å². The van der Waals surface area contributed by atoms with Crippen molar-refractivity contribution in [1.82, 2.24) is 4.90 Å². The Bertz CT molecular complexity index is 848. The van der Waals surface area contributed by atoms with E-state index in [0.717, 1.165) is 25.2 Å². The van der Waals surface area contributed by atoms with Crippen LogP contribution in [-0.2, 0) is 6.54 Å². The number of rotatable bonds is 4. The SMILES string of the molecule is N#Cc1cc(-c2c(Cl)cc([N+](=O)[O-])cc2Cl)ccc1CN1CCCC1. The van der Waals surface area contributed by atoms with Crippen LogP contribution in [0.25, 0.3) is 11.1 Å². The second kappa shape index (κ2) is 7.40. The number of hydrogen-bond donors (Lipinski definition) is 0. The molecule has 3 rings (SSSR count). The van der Waals surface area contributed by atoms with Crippen molar-refractivity contribution in [3.8, 4) is 17.2 Å². The molecule has 0 spiro atoms. The quantitative estimate of drug-likeness (QED) is 0.554. The fraction of sp³-hybridized carbons (Fsp3) is 0.278. The van der Waals surface area contributed by atoms with E-state index < -0.39 is 4.92 Å². The first kappa shape index (κ1) is 17.7. The molecule has 1 heterocycles. The van der Waals surface area contributed by atoms with Gasteiger partial charge in [0.05, 0.1) is 26.6 Å². The lowest BCUT2D eigenvalue weighted by Crippen LogP contribution is -2.19. The van der Waals surface area contributed by atoms with Crippen LogP contribution in [0.2, 0.25) is 10.0 Å². The Kier molecular flexibility index (Phi) is 5.24. The highest BCUT2D eigenvalue weighted by atomic mass is 35.5. The van der Waals surface area contributed by atoms with Gasteiger partial charge in [0.1, 0.15) is 0 Å². The minimum atomic E-state index is -0.540. The molecule has 0 unspecified atom stereocenters. The lowest BCUT2D eigenvalue weighted by Gasteiger charge is -2.16. The molecule has 7 heteroatoms. The Labute approximate surface area is 155 Å². The highest BCUT2D eigenvalue weighted by Crippen LogP contribution is 2.38. The molecule has 0 bridgehead atoms. The summed E-state index contributed by atoms with van der Waals surface area (Å²) < 4.78 is 0. The molecule has 1 saturated heterocycles. The van der Waals surface area contributed by atoms with Crippen LogP contribution in [0.4, 0.5) is 5.69 Å². The number of non-ortho nitro benzene ring substituents is 1.